The maximum atomic E-state index is 12.7. The highest BCUT2D eigenvalue weighted by molar-refractivity contribution is 8.00. The molecule has 0 N–H and O–H groups in total. The molecule has 1 saturated carbocycles. The predicted octanol–water partition coefficient (Wildman–Crippen LogP) is 5.63. The molecule has 0 spiro atoms. The van der Waals surface area contributed by atoms with Crippen molar-refractivity contribution in [2.45, 2.75) is 53.3 Å². The minimum Gasteiger partial charge on any atom is -0.426 e. The quantitative estimate of drug-likeness (QED) is 0.158. The number of hydrogen-bond donors (Lipinski definition) is 0. The van der Waals surface area contributed by atoms with Crippen LogP contribution in [0, 0.1) is 10.1 Å². The molecule has 0 aliphatic heterocycles. The summed E-state index contributed by atoms with van der Waals surface area (Å²) in [6.07, 6.45) is 5.86. The van der Waals surface area contributed by atoms with Gasteiger partial charge < -0.3 is 4.74 Å². The van der Waals surface area contributed by atoms with Crippen molar-refractivity contribution in [2.75, 3.05) is 5.75 Å². The van der Waals surface area contributed by atoms with Crippen LogP contribution in [-0.4, -0.2) is 30.6 Å². The van der Waals surface area contributed by atoms with E-state index in [1.165, 1.54) is 24.8 Å². The lowest BCUT2D eigenvalue weighted by Gasteiger charge is -2.22. The van der Waals surface area contributed by atoms with Gasteiger partial charge in [0.1, 0.15) is 5.75 Å². The molecule has 1 aliphatic rings. The fourth-order valence-electron chi connectivity index (χ4n) is 3.60. The molecular weight excluding hydrogens is 483 g/mol. The Hall–Kier alpha value is -2.60. The van der Waals surface area contributed by atoms with Crippen LogP contribution < -0.4 is 4.74 Å². The van der Waals surface area contributed by atoms with Gasteiger partial charge in [-0.05, 0) is 48.6 Å². The molecule has 178 valence electrons. The Morgan fingerprint density at radius 1 is 1.09 bits per heavy atom. The van der Waals surface area contributed by atoms with Gasteiger partial charge in [-0.15, -0.1) is 11.8 Å². The van der Waals surface area contributed by atoms with Crippen LogP contribution in [0.15, 0.2) is 52.3 Å². The third kappa shape index (κ3) is 6.05. The van der Waals surface area contributed by atoms with E-state index in [-0.39, 0.29) is 10.6 Å². The van der Waals surface area contributed by atoms with Gasteiger partial charge in [0.05, 0.1) is 20.5 Å². The standard InChI is InChI=1S/C21H20F3NO6S2/c22-21(23,24)33(29,30)17-10-11-19(18(12-17)25(27)28)32-13-20(26)31-16-8-6-15(7-9-16)14-4-2-1-3-5-14/h6-12,14H,1-5,13H2. The van der Waals surface area contributed by atoms with Crippen LogP contribution in [0.2, 0.25) is 0 Å². The molecule has 0 saturated heterocycles. The van der Waals surface area contributed by atoms with Crippen LogP contribution in [0.5, 0.6) is 5.75 Å². The van der Waals surface area contributed by atoms with Gasteiger partial charge in [0.25, 0.3) is 15.5 Å². The van der Waals surface area contributed by atoms with Crippen LogP contribution in [0.1, 0.15) is 43.6 Å². The Morgan fingerprint density at radius 3 is 2.30 bits per heavy atom. The first-order chi connectivity index (χ1) is 15.5. The molecule has 2 aromatic rings. The normalized spacial score (nSPS) is 15.2. The first-order valence-electron chi connectivity index (χ1n) is 10.0. The molecule has 1 fully saturated rings. The first-order valence-corrected chi connectivity index (χ1v) is 12.5. The summed E-state index contributed by atoms with van der Waals surface area (Å²) in [7, 11) is -5.74. The summed E-state index contributed by atoms with van der Waals surface area (Å²) < 4.78 is 66.4. The number of rotatable bonds is 7. The van der Waals surface area contributed by atoms with Gasteiger partial charge in [-0.3, -0.25) is 14.9 Å². The number of ether oxygens (including phenoxy) is 1. The molecule has 3 rings (SSSR count). The number of alkyl halides is 3. The molecule has 0 atom stereocenters. The van der Waals surface area contributed by atoms with Gasteiger partial charge >= 0.3 is 11.5 Å². The van der Waals surface area contributed by atoms with E-state index in [4.69, 9.17) is 4.74 Å². The van der Waals surface area contributed by atoms with Crippen molar-refractivity contribution in [3.8, 4) is 5.75 Å². The molecule has 0 bridgehead atoms. The zero-order valence-corrected chi connectivity index (χ0v) is 18.8. The van der Waals surface area contributed by atoms with Crippen molar-refractivity contribution in [3.63, 3.8) is 0 Å². The average Bonchev–Trinajstić information content (AvgIpc) is 2.78. The van der Waals surface area contributed by atoms with Gasteiger partial charge in [0, 0.05) is 6.07 Å². The number of nitro groups is 1. The third-order valence-corrected chi connectivity index (χ3v) is 7.80. The zero-order chi connectivity index (χ0) is 24.2. The Balaban J connectivity index is 1.65. The SMILES string of the molecule is O=C(CSc1ccc(S(=O)(=O)C(F)(F)F)cc1[N+](=O)[O-])Oc1ccc(C2CCCCC2)cc1. The molecule has 0 amide bonds. The number of sulfone groups is 1. The van der Waals surface area contributed by atoms with Crippen molar-refractivity contribution < 1.29 is 36.0 Å². The highest BCUT2D eigenvalue weighted by atomic mass is 32.2. The maximum Gasteiger partial charge on any atom is 0.501 e. The predicted molar refractivity (Wildman–Crippen MR) is 115 cm³/mol. The number of nitrogens with zero attached hydrogens (tertiary/aromatic N) is 1. The van der Waals surface area contributed by atoms with Gasteiger partial charge in [-0.25, -0.2) is 8.42 Å². The van der Waals surface area contributed by atoms with Crippen LogP contribution >= 0.6 is 11.8 Å². The van der Waals surface area contributed by atoms with Crippen LogP contribution in [0.25, 0.3) is 0 Å². The Labute approximate surface area is 192 Å². The highest BCUT2D eigenvalue weighted by Gasteiger charge is 2.47. The monoisotopic (exact) mass is 503 g/mol. The lowest BCUT2D eigenvalue weighted by atomic mass is 9.84. The van der Waals surface area contributed by atoms with Gasteiger partial charge in [-0.2, -0.15) is 13.2 Å². The highest BCUT2D eigenvalue weighted by Crippen LogP contribution is 2.36. The molecule has 0 heterocycles. The van der Waals surface area contributed by atoms with Crippen molar-refractivity contribution in [1.82, 2.24) is 0 Å². The van der Waals surface area contributed by atoms with E-state index in [1.807, 2.05) is 12.1 Å². The molecule has 0 aromatic heterocycles. The van der Waals surface area contributed by atoms with E-state index in [0.717, 1.165) is 18.9 Å². The Bertz CT molecular complexity index is 1130. The molecule has 0 radical (unpaired) electrons. The summed E-state index contributed by atoms with van der Waals surface area (Å²) in [6, 6.07) is 8.96. The van der Waals surface area contributed by atoms with Crippen molar-refractivity contribution in [3.05, 3.63) is 58.1 Å². The van der Waals surface area contributed by atoms with E-state index >= 15 is 0 Å². The summed E-state index contributed by atoms with van der Waals surface area (Å²) in [5.74, 6) is -0.284. The molecule has 1 aliphatic carbocycles. The number of carbonyl (C=O) groups excluding carboxylic acids is 1. The second-order valence-electron chi connectivity index (χ2n) is 7.50. The number of halogens is 3. The number of nitro benzene ring substituents is 1. The summed E-state index contributed by atoms with van der Waals surface area (Å²) in [5.41, 5.74) is -5.27. The molecule has 2 aromatic carbocycles. The summed E-state index contributed by atoms with van der Waals surface area (Å²) >= 11 is 0.663. The van der Waals surface area contributed by atoms with E-state index in [2.05, 4.69) is 0 Å². The second kappa shape index (κ2) is 10.1. The molecule has 7 nitrogen and oxygen atoms in total. The lowest BCUT2D eigenvalue weighted by molar-refractivity contribution is -0.388. The Kier molecular flexibility index (Phi) is 7.68. The maximum absolute atomic E-state index is 12.7. The van der Waals surface area contributed by atoms with E-state index in [1.54, 1.807) is 12.1 Å². The van der Waals surface area contributed by atoms with E-state index in [9.17, 15) is 36.5 Å². The summed E-state index contributed by atoms with van der Waals surface area (Å²) in [4.78, 5) is 21.0. The lowest BCUT2D eigenvalue weighted by Crippen LogP contribution is -2.23. The number of esters is 1. The van der Waals surface area contributed by atoms with Gasteiger partial charge in [-0.1, -0.05) is 31.4 Å². The van der Waals surface area contributed by atoms with Crippen LogP contribution in [-0.2, 0) is 14.6 Å². The zero-order valence-electron chi connectivity index (χ0n) is 17.2. The third-order valence-electron chi connectivity index (χ3n) is 5.28. The Morgan fingerprint density at radius 2 is 1.73 bits per heavy atom. The minimum absolute atomic E-state index is 0.161. The van der Waals surface area contributed by atoms with E-state index < -0.39 is 36.8 Å². The van der Waals surface area contributed by atoms with Crippen molar-refractivity contribution in [2.24, 2.45) is 0 Å². The average molecular weight is 504 g/mol. The number of carbonyl (C=O) groups is 1. The number of thioether (sulfide) groups is 1. The van der Waals surface area contributed by atoms with Crippen molar-refractivity contribution in [1.29, 1.82) is 0 Å². The number of hydrogen-bond acceptors (Lipinski definition) is 7. The fourth-order valence-corrected chi connectivity index (χ4v) is 5.16. The molecular formula is C21H20F3NO6S2. The molecule has 12 heteroatoms. The molecule has 33 heavy (non-hydrogen) atoms. The largest absolute Gasteiger partial charge is 0.501 e. The second-order valence-corrected chi connectivity index (χ2v) is 10.5. The van der Waals surface area contributed by atoms with Gasteiger partial charge in [0.2, 0.25) is 0 Å². The molecule has 0 unspecified atom stereocenters. The van der Waals surface area contributed by atoms with E-state index in [0.29, 0.717) is 35.6 Å². The van der Waals surface area contributed by atoms with Gasteiger partial charge in [0.15, 0.2) is 0 Å². The smallest absolute Gasteiger partial charge is 0.426 e. The summed E-state index contributed by atoms with van der Waals surface area (Å²) in [5, 5.41) is 11.2. The minimum atomic E-state index is -5.74. The fraction of sp³-hybridized carbons (Fsp3) is 0.381. The summed E-state index contributed by atoms with van der Waals surface area (Å²) in [6.45, 7) is 0. The number of benzene rings is 2. The topological polar surface area (TPSA) is 104 Å². The first kappa shape index (κ1) is 25.0. The van der Waals surface area contributed by atoms with Crippen LogP contribution in [0.3, 0.4) is 0 Å². The van der Waals surface area contributed by atoms with Crippen molar-refractivity contribution >= 4 is 33.3 Å². The van der Waals surface area contributed by atoms with Crippen LogP contribution in [0.4, 0.5) is 18.9 Å².